The van der Waals surface area contributed by atoms with Crippen LogP contribution in [0.3, 0.4) is 0 Å². The molecule has 6 heteroatoms. The molecule has 2 aromatic carbocycles. The van der Waals surface area contributed by atoms with Gasteiger partial charge in [-0.05, 0) is 42.3 Å². The normalized spacial score (nSPS) is 13.3. The molecule has 0 radical (unpaired) electrons. The van der Waals surface area contributed by atoms with E-state index in [-0.39, 0.29) is 17.2 Å². The summed E-state index contributed by atoms with van der Waals surface area (Å²) in [5.74, 6) is -2.09. The Morgan fingerprint density at radius 1 is 0.952 bits per heavy atom. The molecule has 0 saturated heterocycles. The number of hydrogen-bond donors (Lipinski definition) is 1. The van der Waals surface area contributed by atoms with E-state index >= 15 is 0 Å². The number of benzene rings is 2. The minimum Gasteiger partial charge on any atom is -0.324 e. The lowest BCUT2D eigenvalue weighted by molar-refractivity contribution is -0.139. The van der Waals surface area contributed by atoms with Crippen molar-refractivity contribution in [2.45, 2.75) is 19.1 Å². The quantitative estimate of drug-likeness (QED) is 0.801. The van der Waals surface area contributed by atoms with Gasteiger partial charge in [0.1, 0.15) is 11.6 Å². The number of alkyl halides is 3. The number of hydrogen-bond acceptors (Lipinski definition) is 1. The molecule has 0 saturated carbocycles. The third-order valence-electron chi connectivity index (χ3n) is 3.10. The van der Waals surface area contributed by atoms with Crippen molar-refractivity contribution in [2.24, 2.45) is 5.73 Å². The van der Waals surface area contributed by atoms with Gasteiger partial charge in [-0.15, -0.1) is 0 Å². The van der Waals surface area contributed by atoms with E-state index < -0.39 is 23.4 Å². The van der Waals surface area contributed by atoms with E-state index in [1.54, 1.807) is 6.92 Å². The second kappa shape index (κ2) is 5.44. The third kappa shape index (κ3) is 3.21. The highest BCUT2D eigenvalue weighted by molar-refractivity contribution is 5.65. The maximum absolute atomic E-state index is 13.8. The summed E-state index contributed by atoms with van der Waals surface area (Å²) in [5.41, 5.74) is 4.94. The first-order chi connectivity index (χ1) is 9.70. The Balaban J connectivity index is 2.53. The lowest BCUT2D eigenvalue weighted by Gasteiger charge is -2.12. The maximum atomic E-state index is 13.8. The molecule has 2 aromatic rings. The second-order valence-electron chi connectivity index (χ2n) is 4.72. The van der Waals surface area contributed by atoms with Crippen molar-refractivity contribution in [1.82, 2.24) is 0 Å². The predicted molar refractivity (Wildman–Crippen MR) is 69.4 cm³/mol. The van der Waals surface area contributed by atoms with Crippen LogP contribution in [0.25, 0.3) is 11.1 Å². The summed E-state index contributed by atoms with van der Waals surface area (Å²) in [5, 5.41) is 0. The van der Waals surface area contributed by atoms with Gasteiger partial charge in [-0.1, -0.05) is 12.1 Å². The fourth-order valence-electron chi connectivity index (χ4n) is 1.96. The zero-order chi connectivity index (χ0) is 15.8. The second-order valence-corrected chi connectivity index (χ2v) is 4.72. The highest BCUT2D eigenvalue weighted by Crippen LogP contribution is 2.34. The van der Waals surface area contributed by atoms with Crippen LogP contribution in [-0.4, -0.2) is 0 Å². The van der Waals surface area contributed by atoms with Crippen LogP contribution in [0.1, 0.15) is 24.1 Å². The van der Waals surface area contributed by atoms with Crippen LogP contribution in [0.4, 0.5) is 22.0 Å². The molecule has 0 bridgehead atoms. The minimum absolute atomic E-state index is 0.0115. The molecule has 0 spiro atoms. The molecule has 1 unspecified atom stereocenters. The van der Waals surface area contributed by atoms with Gasteiger partial charge in [-0.3, -0.25) is 0 Å². The first-order valence-corrected chi connectivity index (χ1v) is 6.12. The predicted octanol–water partition coefficient (Wildman–Crippen LogP) is 4.67. The van der Waals surface area contributed by atoms with Crippen LogP contribution in [-0.2, 0) is 6.18 Å². The van der Waals surface area contributed by atoms with E-state index in [1.807, 2.05) is 0 Å². The molecule has 0 aliphatic carbocycles. The first-order valence-electron chi connectivity index (χ1n) is 6.12. The van der Waals surface area contributed by atoms with Gasteiger partial charge in [0, 0.05) is 11.6 Å². The number of rotatable bonds is 2. The van der Waals surface area contributed by atoms with E-state index in [0.717, 1.165) is 12.1 Å². The Morgan fingerprint density at radius 2 is 1.62 bits per heavy atom. The minimum atomic E-state index is -4.78. The lowest BCUT2D eigenvalue weighted by atomic mass is 9.98. The molecule has 1 atom stereocenters. The molecule has 0 aliphatic heterocycles. The number of nitrogens with two attached hydrogens (primary N) is 1. The summed E-state index contributed by atoms with van der Waals surface area (Å²) in [4.78, 5) is 0. The van der Waals surface area contributed by atoms with Crippen molar-refractivity contribution in [3.63, 3.8) is 0 Å². The highest BCUT2D eigenvalue weighted by Gasteiger charge is 2.34. The summed E-state index contributed by atoms with van der Waals surface area (Å²) in [6, 6.07) is 5.98. The summed E-state index contributed by atoms with van der Waals surface area (Å²) < 4.78 is 64.9. The molecule has 112 valence electrons. The van der Waals surface area contributed by atoms with Crippen molar-refractivity contribution >= 4 is 0 Å². The first kappa shape index (κ1) is 15.4. The van der Waals surface area contributed by atoms with Gasteiger partial charge in [0.05, 0.1) is 5.56 Å². The van der Waals surface area contributed by atoms with Gasteiger partial charge in [-0.25, -0.2) is 8.78 Å². The van der Waals surface area contributed by atoms with Crippen molar-refractivity contribution in [2.75, 3.05) is 0 Å². The molecule has 0 aromatic heterocycles. The van der Waals surface area contributed by atoms with Crippen LogP contribution < -0.4 is 5.73 Å². The number of halogens is 5. The molecular weight excluding hydrogens is 289 g/mol. The van der Waals surface area contributed by atoms with Gasteiger partial charge in [0.15, 0.2) is 0 Å². The largest absolute Gasteiger partial charge is 0.419 e. The molecule has 2 N–H and O–H groups in total. The Morgan fingerprint density at radius 3 is 2.14 bits per heavy atom. The Hall–Kier alpha value is -1.95. The summed E-state index contributed by atoms with van der Waals surface area (Å²) in [6.45, 7) is 1.68. The molecule has 21 heavy (non-hydrogen) atoms. The molecule has 1 nitrogen and oxygen atoms in total. The van der Waals surface area contributed by atoms with E-state index in [9.17, 15) is 22.0 Å². The fraction of sp³-hybridized carbons (Fsp3) is 0.200. The lowest BCUT2D eigenvalue weighted by Crippen LogP contribution is -2.08. The third-order valence-corrected chi connectivity index (χ3v) is 3.10. The zero-order valence-electron chi connectivity index (χ0n) is 11.0. The Bertz CT molecular complexity index is 662. The molecule has 0 fully saturated rings. The Labute approximate surface area is 118 Å². The van der Waals surface area contributed by atoms with Gasteiger partial charge in [0.2, 0.25) is 0 Å². The summed E-state index contributed by atoms with van der Waals surface area (Å²) >= 11 is 0. The molecule has 0 heterocycles. The fourth-order valence-corrected chi connectivity index (χ4v) is 1.96. The smallest absolute Gasteiger partial charge is 0.324 e. The van der Waals surface area contributed by atoms with Crippen molar-refractivity contribution in [3.05, 3.63) is 59.2 Å². The van der Waals surface area contributed by atoms with E-state index in [0.29, 0.717) is 17.7 Å². The average Bonchev–Trinajstić information content (AvgIpc) is 2.37. The monoisotopic (exact) mass is 301 g/mol. The molecule has 0 aliphatic rings. The van der Waals surface area contributed by atoms with Crippen LogP contribution >= 0.6 is 0 Å². The van der Waals surface area contributed by atoms with Crippen molar-refractivity contribution in [3.8, 4) is 11.1 Å². The van der Waals surface area contributed by atoms with Crippen molar-refractivity contribution < 1.29 is 22.0 Å². The zero-order valence-corrected chi connectivity index (χ0v) is 11.0. The SMILES string of the molecule is CC(N)c1ccc(F)c(-c2ccc(C(F)(F)F)c(F)c2)c1. The molecular formula is C15H12F5N. The van der Waals surface area contributed by atoms with E-state index in [2.05, 4.69) is 0 Å². The maximum Gasteiger partial charge on any atom is 0.419 e. The van der Waals surface area contributed by atoms with Gasteiger partial charge in [0.25, 0.3) is 0 Å². The van der Waals surface area contributed by atoms with Crippen molar-refractivity contribution in [1.29, 1.82) is 0 Å². The standard InChI is InChI=1S/C15H12F5N/c1-8(21)9-3-5-13(16)11(6-9)10-2-4-12(14(17)7-10)15(18,19)20/h2-8H,21H2,1H3. The van der Waals surface area contributed by atoms with Crippen LogP contribution in [0.2, 0.25) is 0 Å². The van der Waals surface area contributed by atoms with Gasteiger partial charge < -0.3 is 5.73 Å². The average molecular weight is 301 g/mol. The van der Waals surface area contributed by atoms with Crippen LogP contribution in [0.5, 0.6) is 0 Å². The molecule has 0 amide bonds. The summed E-state index contributed by atoms with van der Waals surface area (Å²) in [7, 11) is 0. The summed E-state index contributed by atoms with van der Waals surface area (Å²) in [6.07, 6.45) is -4.78. The van der Waals surface area contributed by atoms with Gasteiger partial charge >= 0.3 is 6.18 Å². The highest BCUT2D eigenvalue weighted by atomic mass is 19.4. The van der Waals surface area contributed by atoms with Crippen LogP contribution in [0, 0.1) is 11.6 Å². The molecule has 2 rings (SSSR count). The van der Waals surface area contributed by atoms with E-state index in [4.69, 9.17) is 5.73 Å². The topological polar surface area (TPSA) is 26.0 Å². The van der Waals surface area contributed by atoms with Gasteiger partial charge in [-0.2, -0.15) is 13.2 Å². The Kier molecular flexibility index (Phi) is 4.00. The van der Waals surface area contributed by atoms with E-state index in [1.165, 1.54) is 12.1 Å². The van der Waals surface area contributed by atoms with Crippen LogP contribution in [0.15, 0.2) is 36.4 Å².